The Morgan fingerprint density at radius 1 is 1.18 bits per heavy atom. The third-order valence-corrected chi connectivity index (χ3v) is 4.16. The molecule has 1 heterocycles. The van der Waals surface area contributed by atoms with Gasteiger partial charge in [-0.15, -0.1) is 0 Å². The molecule has 0 saturated carbocycles. The maximum absolute atomic E-state index is 13.2. The lowest BCUT2D eigenvalue weighted by Gasteiger charge is -2.24. The molecule has 1 aliphatic heterocycles. The number of amides is 1. The Kier molecular flexibility index (Phi) is 3.94. The number of benzene rings is 2. The highest BCUT2D eigenvalue weighted by Crippen LogP contribution is 2.32. The molecule has 0 aliphatic carbocycles. The van der Waals surface area contributed by atoms with E-state index in [2.05, 4.69) is 0 Å². The van der Waals surface area contributed by atoms with Gasteiger partial charge in [0.25, 0.3) is 0 Å². The van der Waals surface area contributed by atoms with Crippen LogP contribution in [0, 0.1) is 5.82 Å². The molecular weight excluding hydrogens is 281 g/mol. The van der Waals surface area contributed by atoms with E-state index in [4.69, 9.17) is 0 Å². The van der Waals surface area contributed by atoms with Gasteiger partial charge in [-0.3, -0.25) is 4.79 Å². The van der Waals surface area contributed by atoms with Gasteiger partial charge in [0.15, 0.2) is 0 Å². The van der Waals surface area contributed by atoms with E-state index in [9.17, 15) is 14.3 Å². The molecule has 22 heavy (non-hydrogen) atoms. The number of carbonyl (C=O) groups is 1. The Hall–Kier alpha value is -2.20. The Labute approximate surface area is 129 Å². The number of hydrogen-bond donors (Lipinski definition) is 1. The molecule has 2 aromatic carbocycles. The molecule has 0 aromatic heterocycles. The number of aliphatic hydroxyl groups is 1. The zero-order chi connectivity index (χ0) is 15.6. The van der Waals surface area contributed by atoms with Gasteiger partial charge in [-0.25, -0.2) is 4.39 Å². The summed E-state index contributed by atoms with van der Waals surface area (Å²) in [5.74, 6) is -0.426. The molecule has 0 radical (unpaired) electrons. The van der Waals surface area contributed by atoms with E-state index < -0.39 is 5.60 Å². The lowest BCUT2D eigenvalue weighted by atomic mass is 9.93. The van der Waals surface area contributed by atoms with Crippen molar-refractivity contribution in [1.82, 2.24) is 4.90 Å². The molecular formula is C18H18FNO2. The van der Waals surface area contributed by atoms with E-state index >= 15 is 0 Å². The standard InChI is InChI=1S/C18H18FNO2/c19-16-8-4-5-14(11-16)12-17(21)20-10-9-18(22,13-20)15-6-2-1-3-7-15/h1-8,11,22H,9-10,12-13H2/t18-/m1/s1. The molecule has 1 aliphatic rings. The van der Waals surface area contributed by atoms with Crippen LogP contribution in [0.5, 0.6) is 0 Å². The van der Waals surface area contributed by atoms with Crippen LogP contribution in [-0.2, 0) is 16.8 Å². The topological polar surface area (TPSA) is 40.5 Å². The predicted molar refractivity (Wildman–Crippen MR) is 81.6 cm³/mol. The summed E-state index contributed by atoms with van der Waals surface area (Å²) >= 11 is 0. The van der Waals surface area contributed by atoms with Crippen LogP contribution in [0.15, 0.2) is 54.6 Å². The van der Waals surface area contributed by atoms with Crippen molar-refractivity contribution in [2.24, 2.45) is 0 Å². The first-order valence-corrected chi connectivity index (χ1v) is 7.37. The smallest absolute Gasteiger partial charge is 0.227 e. The predicted octanol–water partition coefficient (Wildman–Crippen LogP) is 2.49. The van der Waals surface area contributed by atoms with Gasteiger partial charge in [0, 0.05) is 6.54 Å². The monoisotopic (exact) mass is 299 g/mol. The van der Waals surface area contributed by atoms with Gasteiger partial charge in [-0.05, 0) is 29.7 Å². The fraction of sp³-hybridized carbons (Fsp3) is 0.278. The van der Waals surface area contributed by atoms with Crippen LogP contribution in [0.25, 0.3) is 0 Å². The lowest BCUT2D eigenvalue weighted by molar-refractivity contribution is -0.130. The van der Waals surface area contributed by atoms with Crippen LogP contribution < -0.4 is 0 Å². The highest BCUT2D eigenvalue weighted by molar-refractivity contribution is 5.79. The van der Waals surface area contributed by atoms with Gasteiger partial charge < -0.3 is 10.0 Å². The van der Waals surface area contributed by atoms with E-state index in [1.165, 1.54) is 12.1 Å². The largest absolute Gasteiger partial charge is 0.383 e. The second-order valence-electron chi connectivity index (χ2n) is 5.77. The first kappa shape index (κ1) is 14.7. The van der Waals surface area contributed by atoms with Crippen molar-refractivity contribution in [1.29, 1.82) is 0 Å². The molecule has 4 heteroatoms. The summed E-state index contributed by atoms with van der Waals surface area (Å²) in [4.78, 5) is 14.0. The molecule has 0 spiro atoms. The average Bonchev–Trinajstić information content (AvgIpc) is 2.92. The summed E-state index contributed by atoms with van der Waals surface area (Å²) in [7, 11) is 0. The Balaban J connectivity index is 1.68. The minimum absolute atomic E-state index is 0.0857. The molecule has 0 unspecified atom stereocenters. The first-order chi connectivity index (χ1) is 10.6. The van der Waals surface area contributed by atoms with Crippen LogP contribution in [0.3, 0.4) is 0 Å². The van der Waals surface area contributed by atoms with Crippen LogP contribution in [-0.4, -0.2) is 29.0 Å². The SMILES string of the molecule is O=C(Cc1cccc(F)c1)N1CC[C@](O)(c2ccccc2)C1. The van der Waals surface area contributed by atoms with Crippen molar-refractivity contribution < 1.29 is 14.3 Å². The van der Waals surface area contributed by atoms with Crippen molar-refractivity contribution in [3.05, 3.63) is 71.5 Å². The molecule has 3 rings (SSSR count). The molecule has 2 aromatic rings. The van der Waals surface area contributed by atoms with Crippen molar-refractivity contribution in [3.8, 4) is 0 Å². The van der Waals surface area contributed by atoms with Gasteiger partial charge in [-0.1, -0.05) is 42.5 Å². The fourth-order valence-corrected chi connectivity index (χ4v) is 2.92. The normalized spacial score (nSPS) is 21.1. The Bertz CT molecular complexity index is 674. The van der Waals surface area contributed by atoms with Crippen molar-refractivity contribution >= 4 is 5.91 Å². The van der Waals surface area contributed by atoms with E-state index in [1.54, 1.807) is 17.0 Å². The molecule has 1 N–H and O–H groups in total. The molecule has 114 valence electrons. The zero-order valence-corrected chi connectivity index (χ0v) is 12.2. The number of nitrogens with zero attached hydrogens (tertiary/aromatic N) is 1. The molecule has 1 fully saturated rings. The molecule has 1 amide bonds. The fourth-order valence-electron chi connectivity index (χ4n) is 2.92. The van der Waals surface area contributed by atoms with E-state index in [0.29, 0.717) is 18.5 Å². The quantitative estimate of drug-likeness (QED) is 0.946. The molecule has 1 saturated heterocycles. The number of β-amino-alcohol motifs (C(OH)–C–C–N with tert-alkyl or cyclic N) is 1. The van der Waals surface area contributed by atoms with E-state index in [0.717, 1.165) is 5.56 Å². The van der Waals surface area contributed by atoms with E-state index in [-0.39, 0.29) is 24.7 Å². The summed E-state index contributed by atoms with van der Waals surface area (Å²) in [6.45, 7) is 0.796. The number of rotatable bonds is 3. The van der Waals surface area contributed by atoms with Gasteiger partial charge in [-0.2, -0.15) is 0 Å². The molecule has 1 atom stereocenters. The Morgan fingerprint density at radius 3 is 2.68 bits per heavy atom. The van der Waals surface area contributed by atoms with Crippen LogP contribution in [0.1, 0.15) is 17.5 Å². The van der Waals surface area contributed by atoms with Gasteiger partial charge >= 0.3 is 0 Å². The third kappa shape index (κ3) is 3.02. The van der Waals surface area contributed by atoms with Gasteiger partial charge in [0.1, 0.15) is 11.4 Å². The minimum Gasteiger partial charge on any atom is -0.383 e. The average molecular weight is 299 g/mol. The second kappa shape index (κ2) is 5.89. The number of likely N-dealkylation sites (tertiary alicyclic amines) is 1. The van der Waals surface area contributed by atoms with Crippen molar-refractivity contribution in [3.63, 3.8) is 0 Å². The zero-order valence-electron chi connectivity index (χ0n) is 12.2. The van der Waals surface area contributed by atoms with Gasteiger partial charge in [0.2, 0.25) is 5.91 Å². The molecule has 3 nitrogen and oxygen atoms in total. The number of carbonyl (C=O) groups excluding carboxylic acids is 1. The van der Waals surface area contributed by atoms with Crippen molar-refractivity contribution in [2.75, 3.05) is 13.1 Å². The van der Waals surface area contributed by atoms with Gasteiger partial charge in [0.05, 0.1) is 13.0 Å². The molecule has 0 bridgehead atoms. The highest BCUT2D eigenvalue weighted by Gasteiger charge is 2.39. The summed E-state index contributed by atoms with van der Waals surface area (Å²) in [5, 5.41) is 10.7. The maximum atomic E-state index is 13.2. The Morgan fingerprint density at radius 2 is 1.95 bits per heavy atom. The van der Waals surface area contributed by atoms with E-state index in [1.807, 2.05) is 30.3 Å². The first-order valence-electron chi connectivity index (χ1n) is 7.37. The number of halogens is 1. The third-order valence-electron chi connectivity index (χ3n) is 4.16. The second-order valence-corrected chi connectivity index (χ2v) is 5.77. The lowest BCUT2D eigenvalue weighted by Crippen LogP contribution is -2.35. The minimum atomic E-state index is -0.987. The maximum Gasteiger partial charge on any atom is 0.227 e. The van der Waals surface area contributed by atoms with Crippen LogP contribution in [0.2, 0.25) is 0 Å². The number of hydrogen-bond acceptors (Lipinski definition) is 2. The summed E-state index contributed by atoms with van der Waals surface area (Å²) in [6.07, 6.45) is 0.675. The summed E-state index contributed by atoms with van der Waals surface area (Å²) in [5.41, 5.74) is 0.495. The van der Waals surface area contributed by atoms with Crippen LogP contribution >= 0.6 is 0 Å². The summed E-state index contributed by atoms with van der Waals surface area (Å²) < 4.78 is 13.2. The van der Waals surface area contributed by atoms with Crippen LogP contribution in [0.4, 0.5) is 4.39 Å². The summed E-state index contributed by atoms with van der Waals surface area (Å²) in [6, 6.07) is 15.5. The highest BCUT2D eigenvalue weighted by atomic mass is 19.1. The van der Waals surface area contributed by atoms with Crippen molar-refractivity contribution in [2.45, 2.75) is 18.4 Å².